The Kier molecular flexibility index (Phi) is 19.6. The highest BCUT2D eigenvalue weighted by Gasteiger charge is 2.46. The molecule has 76 heavy (non-hydrogen) atoms. The van der Waals surface area contributed by atoms with Gasteiger partial charge in [-0.1, -0.05) is 44.0 Å². The number of likely N-dealkylation sites (tertiary alicyclic amines) is 1. The average molecular weight is 1050 g/mol. The number of methoxy groups -OCH3 is 5. The van der Waals surface area contributed by atoms with Crippen LogP contribution in [-0.4, -0.2) is 125 Å². The van der Waals surface area contributed by atoms with Crippen molar-refractivity contribution in [1.82, 2.24) is 20.4 Å². The normalized spacial score (nSPS) is 17.0. The SMILES string of the molecule is CC[C@H](C(=O)N1CCCCC1C(=O)O[C@H](CCc1ccc(OC)c(OC)c1)c1cccc(OCC(=O)NCCCCCCOc2cccc3c2C(=O)N(C2CCC(=O)NC2=O)C3=O)c1)c1cc(OC)c(OC)c(OC)c1. The van der Waals surface area contributed by atoms with Gasteiger partial charge in [-0.05, 0) is 123 Å². The van der Waals surface area contributed by atoms with Crippen LogP contribution in [0.4, 0.5) is 0 Å². The predicted molar refractivity (Wildman–Crippen MR) is 277 cm³/mol. The number of fused-ring (bicyclic) bond motifs is 1. The van der Waals surface area contributed by atoms with Gasteiger partial charge in [0.25, 0.3) is 17.7 Å². The number of benzene rings is 4. The minimum Gasteiger partial charge on any atom is -0.493 e. The minimum atomic E-state index is -1.06. The molecular weight excluding hydrogens is 981 g/mol. The lowest BCUT2D eigenvalue weighted by Crippen LogP contribution is -2.54. The lowest BCUT2D eigenvalue weighted by Gasteiger charge is -2.37. The summed E-state index contributed by atoms with van der Waals surface area (Å²) in [5.41, 5.74) is 2.51. The quantitative estimate of drug-likeness (QED) is 0.0365. The summed E-state index contributed by atoms with van der Waals surface area (Å²) in [6.07, 6.45) is 5.46. The summed E-state index contributed by atoms with van der Waals surface area (Å²) in [6, 6.07) is 19.2. The fourth-order valence-electron chi connectivity index (χ4n) is 9.94. The van der Waals surface area contributed by atoms with Crippen LogP contribution in [0.15, 0.2) is 72.8 Å². The summed E-state index contributed by atoms with van der Waals surface area (Å²) in [5.74, 6) is -0.894. The Balaban J connectivity index is 0.929. The molecule has 3 aliphatic rings. The van der Waals surface area contributed by atoms with E-state index in [0.29, 0.717) is 97.2 Å². The molecular formula is C57H68N4O15. The first-order valence-electron chi connectivity index (χ1n) is 25.8. The van der Waals surface area contributed by atoms with Crippen molar-refractivity contribution in [1.29, 1.82) is 0 Å². The number of carbonyl (C=O) groups excluding carboxylic acids is 7. The first-order valence-corrected chi connectivity index (χ1v) is 25.8. The Hall–Kier alpha value is -7.83. The first-order chi connectivity index (χ1) is 36.8. The number of esters is 1. The summed E-state index contributed by atoms with van der Waals surface area (Å²) in [6.45, 7) is 2.76. The van der Waals surface area contributed by atoms with Gasteiger partial charge in [0, 0.05) is 19.5 Å². The molecule has 4 aromatic rings. The van der Waals surface area contributed by atoms with Gasteiger partial charge in [0.1, 0.15) is 29.7 Å². The molecule has 2 saturated heterocycles. The van der Waals surface area contributed by atoms with E-state index in [1.165, 1.54) is 27.4 Å². The van der Waals surface area contributed by atoms with Crippen molar-refractivity contribution in [3.8, 4) is 40.2 Å². The van der Waals surface area contributed by atoms with Crippen LogP contribution < -0.4 is 43.8 Å². The summed E-state index contributed by atoms with van der Waals surface area (Å²) < 4.78 is 46.1. The summed E-state index contributed by atoms with van der Waals surface area (Å²) in [5, 5.41) is 5.10. The molecule has 0 radical (unpaired) electrons. The monoisotopic (exact) mass is 1050 g/mol. The predicted octanol–water partition coefficient (Wildman–Crippen LogP) is 7.06. The third-order valence-corrected chi connectivity index (χ3v) is 13.9. The van der Waals surface area contributed by atoms with E-state index < -0.39 is 53.7 Å². The molecule has 19 heteroatoms. The molecule has 0 aliphatic carbocycles. The van der Waals surface area contributed by atoms with E-state index in [0.717, 1.165) is 36.1 Å². The highest BCUT2D eigenvalue weighted by molar-refractivity contribution is 6.24. The maximum absolute atomic E-state index is 14.5. The van der Waals surface area contributed by atoms with Gasteiger partial charge in [-0.25, -0.2) is 4.79 Å². The van der Waals surface area contributed by atoms with Crippen LogP contribution in [0.3, 0.4) is 0 Å². The Morgan fingerprint density at radius 3 is 2.17 bits per heavy atom. The van der Waals surface area contributed by atoms with Crippen LogP contribution in [0, 0.1) is 0 Å². The molecule has 4 aromatic carbocycles. The van der Waals surface area contributed by atoms with Gasteiger partial charge in [-0.3, -0.25) is 39.0 Å². The number of hydrogen-bond acceptors (Lipinski definition) is 15. The van der Waals surface area contributed by atoms with E-state index in [1.54, 1.807) is 61.6 Å². The number of imide groups is 2. The summed E-state index contributed by atoms with van der Waals surface area (Å²) >= 11 is 0. The number of amides is 6. The number of hydrogen-bond donors (Lipinski definition) is 2. The van der Waals surface area contributed by atoms with Crippen LogP contribution in [-0.2, 0) is 35.1 Å². The Morgan fingerprint density at radius 1 is 0.724 bits per heavy atom. The Morgan fingerprint density at radius 2 is 1.46 bits per heavy atom. The molecule has 3 heterocycles. The average Bonchev–Trinajstić information content (AvgIpc) is 3.74. The van der Waals surface area contributed by atoms with Crippen molar-refractivity contribution in [3.05, 3.63) is 101 Å². The second-order valence-corrected chi connectivity index (χ2v) is 18.7. The van der Waals surface area contributed by atoms with E-state index >= 15 is 0 Å². The molecule has 2 fully saturated rings. The fourth-order valence-corrected chi connectivity index (χ4v) is 9.94. The van der Waals surface area contributed by atoms with Crippen LogP contribution >= 0.6 is 0 Å². The van der Waals surface area contributed by atoms with Gasteiger partial charge < -0.3 is 48.1 Å². The van der Waals surface area contributed by atoms with Gasteiger partial charge in [-0.2, -0.15) is 0 Å². The van der Waals surface area contributed by atoms with E-state index in [1.807, 2.05) is 31.2 Å². The number of ether oxygens (including phenoxy) is 8. The Labute approximate surface area is 442 Å². The number of nitrogens with zero attached hydrogens (tertiary/aromatic N) is 2. The third-order valence-electron chi connectivity index (χ3n) is 13.9. The summed E-state index contributed by atoms with van der Waals surface area (Å²) in [7, 11) is 7.70. The zero-order valence-corrected chi connectivity index (χ0v) is 44.1. The number of piperidine rings is 2. The number of rotatable bonds is 26. The molecule has 6 amide bonds. The van der Waals surface area contributed by atoms with Crippen molar-refractivity contribution in [2.45, 2.75) is 108 Å². The van der Waals surface area contributed by atoms with Gasteiger partial charge in [-0.15, -0.1) is 0 Å². The number of nitrogens with one attached hydrogen (secondary N) is 2. The minimum absolute atomic E-state index is 0.0301. The van der Waals surface area contributed by atoms with E-state index in [-0.39, 0.29) is 54.7 Å². The van der Waals surface area contributed by atoms with Gasteiger partial charge in [0.2, 0.25) is 23.5 Å². The fraction of sp³-hybridized carbons (Fsp3) is 0.456. The van der Waals surface area contributed by atoms with Crippen molar-refractivity contribution in [2.24, 2.45) is 0 Å². The van der Waals surface area contributed by atoms with Crippen molar-refractivity contribution in [2.75, 3.05) is 61.9 Å². The molecule has 2 N–H and O–H groups in total. The van der Waals surface area contributed by atoms with Gasteiger partial charge in [0.15, 0.2) is 29.6 Å². The molecule has 19 nitrogen and oxygen atoms in total. The first kappa shape index (κ1) is 55.9. The molecule has 2 unspecified atom stereocenters. The maximum atomic E-state index is 14.5. The molecule has 0 saturated carbocycles. The number of unbranched alkanes of at least 4 members (excludes halogenated alkanes) is 3. The van der Waals surface area contributed by atoms with Crippen molar-refractivity contribution >= 4 is 41.4 Å². The lowest BCUT2D eigenvalue weighted by molar-refractivity contribution is -0.162. The third kappa shape index (κ3) is 13.2. The second-order valence-electron chi connectivity index (χ2n) is 18.7. The maximum Gasteiger partial charge on any atom is 0.329 e. The topological polar surface area (TPSA) is 224 Å². The second kappa shape index (κ2) is 26.6. The van der Waals surface area contributed by atoms with Crippen molar-refractivity contribution < 1.29 is 71.5 Å². The van der Waals surface area contributed by atoms with E-state index in [9.17, 15) is 33.6 Å². The lowest BCUT2D eigenvalue weighted by atomic mass is 9.91. The van der Waals surface area contributed by atoms with Crippen LogP contribution in [0.1, 0.15) is 127 Å². The molecule has 406 valence electrons. The van der Waals surface area contributed by atoms with Crippen LogP contribution in [0.5, 0.6) is 40.2 Å². The molecule has 0 aromatic heterocycles. The highest BCUT2D eigenvalue weighted by atomic mass is 16.5. The van der Waals surface area contributed by atoms with Gasteiger partial charge >= 0.3 is 5.97 Å². The zero-order chi connectivity index (χ0) is 54.3. The van der Waals surface area contributed by atoms with E-state index in [2.05, 4.69) is 10.6 Å². The molecule has 3 aliphatic heterocycles. The summed E-state index contributed by atoms with van der Waals surface area (Å²) in [4.78, 5) is 95.2. The largest absolute Gasteiger partial charge is 0.493 e. The Bertz CT molecular complexity index is 2740. The molecule has 0 spiro atoms. The number of aryl methyl sites for hydroxylation is 1. The highest BCUT2D eigenvalue weighted by Crippen LogP contribution is 2.42. The van der Waals surface area contributed by atoms with E-state index in [4.69, 9.17) is 37.9 Å². The zero-order valence-electron chi connectivity index (χ0n) is 44.1. The van der Waals surface area contributed by atoms with Crippen LogP contribution in [0.2, 0.25) is 0 Å². The smallest absolute Gasteiger partial charge is 0.329 e. The van der Waals surface area contributed by atoms with Gasteiger partial charge in [0.05, 0.1) is 59.2 Å². The molecule has 4 atom stereocenters. The number of carbonyl (C=O) groups is 7. The molecule has 0 bridgehead atoms. The van der Waals surface area contributed by atoms with Crippen molar-refractivity contribution in [3.63, 3.8) is 0 Å². The van der Waals surface area contributed by atoms with Crippen LogP contribution in [0.25, 0.3) is 0 Å². The standard InChI is InChI=1S/C57H68N4O15/c1-7-39(37-32-47(71-4)52(73-6)48(33-37)72-5)54(65)60-28-12-10-19-42(60)57(68)76-43(24-21-35-22-25-44(69-2)46(30-35)70-3)36-16-14-17-38(31-36)75-34-50(63)58-27-11-8-9-13-29-74-45-20-15-18-40-51(45)56(67)61(55(40)66)41-23-26-49(62)59-53(41)64/h14-18,20,22,25,30-33,39,41-43H,7-13,19,21,23-24,26-29,34H2,1-6H3,(H,58,63)(H,59,62,64)/t39-,41?,42?,43+/m0/s1. The molecule has 7 rings (SSSR count).